The molecule has 0 aliphatic rings. The number of hydrogen-bond acceptors (Lipinski definition) is 6. The van der Waals surface area contributed by atoms with E-state index in [0.717, 1.165) is 116 Å². The molecule has 0 atom stereocenters. The number of hydrogen-bond donors (Lipinski definition) is 0. The lowest BCUT2D eigenvalue weighted by Gasteiger charge is -2.22. The lowest BCUT2D eigenvalue weighted by atomic mass is 9.86. The second-order valence-corrected chi connectivity index (χ2v) is 24.6. The SMILES string of the molecule is CC(C)(C)c1cc(=O)nc2c3ccc(-c4ccccc4-c4cc(-c5ccccc5-c5ccc6c(ccn7c(C(C)(C)C)cc(=O)nc67)c5)cc(-c5ccccc5-c5ccc6c(ccn7c(C(C)(C)C)cc(=O)nc67)c5)c4)cc3ccn12. The van der Waals surface area contributed by atoms with Gasteiger partial charge in [-0.2, -0.15) is 15.0 Å². The summed E-state index contributed by atoms with van der Waals surface area (Å²) in [7, 11) is 0. The van der Waals surface area contributed by atoms with Gasteiger partial charge in [0.05, 0.1) is 0 Å². The van der Waals surface area contributed by atoms with Crippen LogP contribution >= 0.6 is 0 Å². The molecule has 6 heterocycles. The molecule has 0 aliphatic carbocycles. The summed E-state index contributed by atoms with van der Waals surface area (Å²) in [6, 6.07) is 63.3. The fraction of sp³-hybridized carbons (Fsp3) is 0.167. The van der Waals surface area contributed by atoms with Crippen molar-refractivity contribution in [2.45, 2.75) is 78.6 Å². The molecule has 0 saturated carbocycles. The topological polar surface area (TPSA) is 103 Å². The molecule has 81 heavy (non-hydrogen) atoms. The molecule has 13 rings (SSSR count). The predicted octanol–water partition coefficient (Wildman–Crippen LogP) is 16.1. The average molecular weight is 1060 g/mol. The number of fused-ring (bicyclic) bond motifs is 9. The van der Waals surface area contributed by atoms with Crippen LogP contribution in [0.3, 0.4) is 0 Å². The lowest BCUT2D eigenvalue weighted by molar-refractivity contribution is 0.557. The summed E-state index contributed by atoms with van der Waals surface area (Å²) >= 11 is 0. The second-order valence-electron chi connectivity index (χ2n) is 24.6. The van der Waals surface area contributed by atoms with Crippen LogP contribution in [0.1, 0.15) is 79.4 Å². The molecule has 0 fully saturated rings. The molecule has 13 aromatic rings. The average Bonchev–Trinajstić information content (AvgIpc) is 3.58. The summed E-state index contributed by atoms with van der Waals surface area (Å²) in [4.78, 5) is 52.9. The van der Waals surface area contributed by atoms with Gasteiger partial charge in [-0.1, -0.05) is 172 Å². The Hall–Kier alpha value is -9.60. The van der Waals surface area contributed by atoms with E-state index in [-0.39, 0.29) is 32.9 Å². The monoisotopic (exact) mass is 1060 g/mol. The van der Waals surface area contributed by atoms with Crippen LogP contribution in [0.2, 0.25) is 0 Å². The minimum atomic E-state index is -0.267. The van der Waals surface area contributed by atoms with Crippen LogP contribution in [0.5, 0.6) is 0 Å². The smallest absolute Gasteiger partial charge is 0.273 e. The van der Waals surface area contributed by atoms with Gasteiger partial charge in [0.25, 0.3) is 16.7 Å². The Kier molecular flexibility index (Phi) is 11.8. The van der Waals surface area contributed by atoms with Crippen molar-refractivity contribution in [3.63, 3.8) is 0 Å². The van der Waals surface area contributed by atoms with Crippen molar-refractivity contribution in [3.8, 4) is 66.8 Å². The molecular formula is C72H60N6O3. The van der Waals surface area contributed by atoms with Crippen molar-refractivity contribution in [2.75, 3.05) is 0 Å². The fourth-order valence-corrected chi connectivity index (χ4v) is 12.0. The highest BCUT2D eigenvalue weighted by atomic mass is 16.1. The zero-order valence-electron chi connectivity index (χ0n) is 47.0. The van der Waals surface area contributed by atoms with Gasteiger partial charge in [0.2, 0.25) is 0 Å². The van der Waals surface area contributed by atoms with E-state index in [2.05, 4.69) is 241 Å². The number of rotatable bonds is 6. The first-order chi connectivity index (χ1) is 38.7. The Morgan fingerprint density at radius 1 is 0.284 bits per heavy atom. The van der Waals surface area contributed by atoms with Gasteiger partial charge in [0.1, 0.15) is 16.9 Å². The van der Waals surface area contributed by atoms with Gasteiger partial charge in [-0.3, -0.25) is 14.4 Å². The normalized spacial score (nSPS) is 12.4. The van der Waals surface area contributed by atoms with Crippen molar-refractivity contribution in [3.05, 3.63) is 249 Å². The van der Waals surface area contributed by atoms with Crippen LogP contribution in [-0.4, -0.2) is 28.2 Å². The van der Waals surface area contributed by atoms with Crippen molar-refractivity contribution < 1.29 is 0 Å². The Labute approximate surface area is 469 Å². The van der Waals surface area contributed by atoms with Crippen LogP contribution in [0.4, 0.5) is 0 Å². The summed E-state index contributed by atoms with van der Waals surface area (Å²) in [5, 5.41) is 5.67. The van der Waals surface area contributed by atoms with E-state index in [9.17, 15) is 14.4 Å². The van der Waals surface area contributed by atoms with E-state index in [0.29, 0.717) is 16.9 Å². The van der Waals surface area contributed by atoms with E-state index in [1.807, 2.05) is 31.8 Å². The number of pyridine rings is 3. The first kappa shape index (κ1) is 50.9. The van der Waals surface area contributed by atoms with Gasteiger partial charge in [-0.15, -0.1) is 0 Å². The molecule has 6 aromatic heterocycles. The van der Waals surface area contributed by atoms with Gasteiger partial charge >= 0.3 is 0 Å². The molecule has 0 unspecified atom stereocenters. The van der Waals surface area contributed by atoms with Gasteiger partial charge < -0.3 is 13.2 Å². The van der Waals surface area contributed by atoms with E-state index in [1.54, 1.807) is 18.2 Å². The van der Waals surface area contributed by atoms with E-state index < -0.39 is 0 Å². The van der Waals surface area contributed by atoms with Crippen LogP contribution in [0.15, 0.2) is 215 Å². The van der Waals surface area contributed by atoms with Gasteiger partial charge in [0.15, 0.2) is 0 Å². The molecule has 0 saturated heterocycles. The highest BCUT2D eigenvalue weighted by molar-refractivity contribution is 6.02. The molecule has 0 aliphatic heterocycles. The first-order valence-corrected chi connectivity index (χ1v) is 27.6. The van der Waals surface area contributed by atoms with Crippen molar-refractivity contribution in [1.82, 2.24) is 28.2 Å². The van der Waals surface area contributed by atoms with E-state index in [4.69, 9.17) is 0 Å². The third-order valence-corrected chi connectivity index (χ3v) is 15.9. The van der Waals surface area contributed by atoms with Crippen LogP contribution in [0, 0.1) is 0 Å². The maximum absolute atomic E-state index is 13.1. The maximum atomic E-state index is 13.1. The first-order valence-electron chi connectivity index (χ1n) is 27.6. The van der Waals surface area contributed by atoms with Gasteiger partial charge in [-0.25, -0.2) is 0 Å². The van der Waals surface area contributed by atoms with Gasteiger partial charge in [-0.05, 0) is 138 Å². The highest BCUT2D eigenvalue weighted by Crippen LogP contribution is 2.44. The summed E-state index contributed by atoms with van der Waals surface area (Å²) in [5.41, 5.74) is 15.7. The molecule has 0 radical (unpaired) electrons. The molecule has 0 spiro atoms. The minimum Gasteiger partial charge on any atom is -0.304 e. The highest BCUT2D eigenvalue weighted by Gasteiger charge is 2.24. The molecule has 9 heteroatoms. The molecule has 0 bridgehead atoms. The van der Waals surface area contributed by atoms with E-state index >= 15 is 0 Å². The number of nitrogens with zero attached hydrogens (tertiary/aromatic N) is 6. The van der Waals surface area contributed by atoms with E-state index in [1.165, 1.54) is 0 Å². The number of aromatic nitrogens is 6. The summed E-state index contributed by atoms with van der Waals surface area (Å²) in [5.74, 6) is 0. The molecular weight excluding hydrogens is 997 g/mol. The van der Waals surface area contributed by atoms with Crippen molar-refractivity contribution >= 4 is 49.3 Å². The van der Waals surface area contributed by atoms with Crippen molar-refractivity contribution in [2.24, 2.45) is 0 Å². The standard InChI is InChI=1S/C72H60N6O3/c1-70(2,3)61-40-64(79)73-67-58-25-22-43(34-46(58)28-31-76(61)67)52-16-10-13-19-55(52)49-37-50(56-20-14-11-17-53(56)44-23-26-59-47(35-44)29-32-77-62(71(4,5)6)41-65(80)74-68(59)77)39-51(38-49)57-21-15-12-18-54(57)45-24-27-60-48(36-45)30-33-78-63(72(7,8)9)42-66(81)75-69(60)78/h10-42H,1-9H3. The van der Waals surface area contributed by atoms with Crippen LogP contribution in [-0.2, 0) is 16.2 Å². The third-order valence-electron chi connectivity index (χ3n) is 15.9. The summed E-state index contributed by atoms with van der Waals surface area (Å²) < 4.78 is 6.14. The molecule has 0 N–H and O–H groups in total. The Morgan fingerprint density at radius 3 is 0.778 bits per heavy atom. The van der Waals surface area contributed by atoms with Crippen LogP contribution in [0.25, 0.3) is 116 Å². The second kappa shape index (κ2) is 18.8. The lowest BCUT2D eigenvalue weighted by Crippen LogP contribution is -2.22. The quantitative estimate of drug-likeness (QED) is 0.154. The number of benzene rings is 7. The molecule has 7 aromatic carbocycles. The van der Waals surface area contributed by atoms with Gasteiger partial charge in [0, 0.05) is 86.3 Å². The Balaban J connectivity index is 0.999. The zero-order valence-corrected chi connectivity index (χ0v) is 47.0. The Bertz CT molecular complexity index is 4460. The largest absolute Gasteiger partial charge is 0.304 e. The Morgan fingerprint density at radius 2 is 0.531 bits per heavy atom. The predicted molar refractivity (Wildman–Crippen MR) is 333 cm³/mol. The molecule has 9 nitrogen and oxygen atoms in total. The summed E-state index contributed by atoms with van der Waals surface area (Å²) in [6.45, 7) is 19.0. The fourth-order valence-electron chi connectivity index (χ4n) is 12.0. The minimum absolute atomic E-state index is 0.251. The maximum Gasteiger partial charge on any atom is 0.273 e. The van der Waals surface area contributed by atoms with Crippen LogP contribution < -0.4 is 16.7 Å². The summed E-state index contributed by atoms with van der Waals surface area (Å²) in [6.07, 6.45) is 6.09. The zero-order chi connectivity index (χ0) is 56.3. The molecule has 396 valence electrons. The molecule has 0 amide bonds. The van der Waals surface area contributed by atoms with Crippen molar-refractivity contribution in [1.29, 1.82) is 0 Å². The third kappa shape index (κ3) is 8.99.